The third-order valence-electron chi connectivity index (χ3n) is 2.04. The minimum atomic E-state index is -0.523. The average molecular weight is 195 g/mol. The van der Waals surface area contributed by atoms with Crippen LogP contribution in [0.2, 0.25) is 0 Å². The third-order valence-corrected chi connectivity index (χ3v) is 2.04. The molecule has 0 spiro atoms. The summed E-state index contributed by atoms with van der Waals surface area (Å²) in [7, 11) is 1.30. The Labute approximate surface area is 85.4 Å². The van der Waals surface area contributed by atoms with Crippen LogP contribution in [0, 0.1) is 17.2 Å². The predicted molar refractivity (Wildman–Crippen MR) is 54.4 cm³/mol. The lowest BCUT2D eigenvalue weighted by Gasteiger charge is -2.11. The van der Waals surface area contributed by atoms with Crippen molar-refractivity contribution in [2.24, 2.45) is 5.92 Å². The number of esters is 1. The molecule has 0 aliphatic heterocycles. The molecular formula is C11H17NO2. The molecule has 0 fully saturated rings. The van der Waals surface area contributed by atoms with Crippen molar-refractivity contribution in [3.05, 3.63) is 11.1 Å². The summed E-state index contributed by atoms with van der Waals surface area (Å²) in [5.41, 5.74) is 1.06. The molecule has 0 rings (SSSR count). The molecule has 0 radical (unpaired) electrons. The molecule has 3 heteroatoms. The van der Waals surface area contributed by atoms with Crippen molar-refractivity contribution in [1.82, 2.24) is 0 Å². The fourth-order valence-electron chi connectivity index (χ4n) is 1.32. The van der Waals surface area contributed by atoms with Gasteiger partial charge in [-0.2, -0.15) is 5.26 Å². The SMILES string of the molecule is CCC/C(=C(/C#N)C(=O)OC)C(C)C. The van der Waals surface area contributed by atoms with E-state index in [0.717, 1.165) is 18.4 Å². The van der Waals surface area contributed by atoms with E-state index in [-0.39, 0.29) is 11.5 Å². The molecule has 0 aromatic rings. The first kappa shape index (κ1) is 12.7. The standard InChI is InChI=1S/C11H17NO2/c1-5-6-9(8(2)3)10(7-12)11(13)14-4/h8H,5-6H2,1-4H3/b10-9+. The molecule has 0 amide bonds. The highest BCUT2D eigenvalue weighted by Crippen LogP contribution is 2.20. The highest BCUT2D eigenvalue weighted by Gasteiger charge is 2.17. The van der Waals surface area contributed by atoms with Gasteiger partial charge < -0.3 is 4.74 Å². The molecule has 0 aromatic heterocycles. The highest BCUT2D eigenvalue weighted by molar-refractivity contribution is 5.93. The van der Waals surface area contributed by atoms with Crippen LogP contribution in [0.5, 0.6) is 0 Å². The van der Waals surface area contributed by atoms with Crippen LogP contribution >= 0.6 is 0 Å². The van der Waals surface area contributed by atoms with Crippen LogP contribution in [-0.4, -0.2) is 13.1 Å². The summed E-state index contributed by atoms with van der Waals surface area (Å²) in [4.78, 5) is 11.3. The predicted octanol–water partition coefficient (Wildman–Crippen LogP) is 2.44. The Morgan fingerprint density at radius 1 is 1.50 bits per heavy atom. The van der Waals surface area contributed by atoms with E-state index in [9.17, 15) is 4.79 Å². The average Bonchev–Trinajstić information content (AvgIpc) is 2.16. The van der Waals surface area contributed by atoms with Gasteiger partial charge in [0, 0.05) is 0 Å². The van der Waals surface area contributed by atoms with Gasteiger partial charge in [-0.15, -0.1) is 0 Å². The zero-order chi connectivity index (χ0) is 11.1. The van der Waals surface area contributed by atoms with E-state index < -0.39 is 5.97 Å². The van der Waals surface area contributed by atoms with Gasteiger partial charge in [0.15, 0.2) is 0 Å². The van der Waals surface area contributed by atoms with Gasteiger partial charge in [-0.05, 0) is 17.9 Å². The summed E-state index contributed by atoms with van der Waals surface area (Å²) >= 11 is 0. The normalized spacial score (nSPS) is 12.0. The zero-order valence-corrected chi connectivity index (χ0v) is 9.26. The maximum absolute atomic E-state index is 11.3. The van der Waals surface area contributed by atoms with E-state index >= 15 is 0 Å². The maximum atomic E-state index is 11.3. The number of methoxy groups -OCH3 is 1. The van der Waals surface area contributed by atoms with E-state index in [1.165, 1.54) is 7.11 Å². The fraction of sp³-hybridized carbons (Fsp3) is 0.636. The van der Waals surface area contributed by atoms with Gasteiger partial charge in [0.1, 0.15) is 11.6 Å². The first-order valence-electron chi connectivity index (χ1n) is 4.79. The van der Waals surface area contributed by atoms with Gasteiger partial charge in [0.2, 0.25) is 0 Å². The Morgan fingerprint density at radius 2 is 2.07 bits per heavy atom. The maximum Gasteiger partial charge on any atom is 0.348 e. The number of hydrogen-bond donors (Lipinski definition) is 0. The molecule has 3 nitrogen and oxygen atoms in total. The van der Waals surface area contributed by atoms with Crippen LogP contribution in [0.15, 0.2) is 11.1 Å². The van der Waals surface area contributed by atoms with Gasteiger partial charge in [-0.1, -0.05) is 27.2 Å². The summed E-state index contributed by atoms with van der Waals surface area (Å²) in [5.74, 6) is -0.312. The molecule has 14 heavy (non-hydrogen) atoms. The van der Waals surface area contributed by atoms with E-state index in [0.29, 0.717) is 0 Å². The number of rotatable bonds is 4. The lowest BCUT2D eigenvalue weighted by molar-refractivity contribution is -0.135. The largest absolute Gasteiger partial charge is 0.465 e. The number of nitrogens with zero attached hydrogens (tertiary/aromatic N) is 1. The van der Waals surface area contributed by atoms with E-state index in [2.05, 4.69) is 4.74 Å². The van der Waals surface area contributed by atoms with Crippen molar-refractivity contribution < 1.29 is 9.53 Å². The van der Waals surface area contributed by atoms with Gasteiger partial charge in [0.05, 0.1) is 7.11 Å². The van der Waals surface area contributed by atoms with Crippen molar-refractivity contribution in [3.8, 4) is 6.07 Å². The quantitative estimate of drug-likeness (QED) is 0.393. The number of carbonyl (C=O) groups excluding carboxylic acids is 1. The molecule has 0 aromatic carbocycles. The number of nitriles is 1. The third kappa shape index (κ3) is 3.21. The van der Waals surface area contributed by atoms with E-state index in [1.807, 2.05) is 26.8 Å². The molecule has 0 bridgehead atoms. The molecule has 78 valence electrons. The van der Waals surface area contributed by atoms with Gasteiger partial charge >= 0.3 is 5.97 Å². The Morgan fingerprint density at radius 3 is 2.36 bits per heavy atom. The lowest BCUT2D eigenvalue weighted by Crippen LogP contribution is -2.09. The topological polar surface area (TPSA) is 50.1 Å². The summed E-state index contributed by atoms with van der Waals surface area (Å²) in [6, 6.07) is 1.92. The van der Waals surface area contributed by atoms with Crippen molar-refractivity contribution in [2.75, 3.05) is 7.11 Å². The van der Waals surface area contributed by atoms with Crippen molar-refractivity contribution >= 4 is 5.97 Å². The van der Waals surface area contributed by atoms with Crippen LogP contribution in [0.25, 0.3) is 0 Å². The van der Waals surface area contributed by atoms with Crippen molar-refractivity contribution in [1.29, 1.82) is 5.26 Å². The molecular weight excluding hydrogens is 178 g/mol. The van der Waals surface area contributed by atoms with Gasteiger partial charge in [0.25, 0.3) is 0 Å². The second-order valence-electron chi connectivity index (χ2n) is 3.41. The minimum absolute atomic E-state index is 0.171. The van der Waals surface area contributed by atoms with Crippen LogP contribution < -0.4 is 0 Å². The second kappa shape index (κ2) is 6.20. The monoisotopic (exact) mass is 195 g/mol. The molecule has 0 aliphatic carbocycles. The minimum Gasteiger partial charge on any atom is -0.465 e. The van der Waals surface area contributed by atoms with Crippen LogP contribution in [-0.2, 0) is 9.53 Å². The lowest BCUT2D eigenvalue weighted by atomic mass is 9.94. The Kier molecular flexibility index (Phi) is 5.62. The number of allylic oxidation sites excluding steroid dienone is 1. The number of hydrogen-bond acceptors (Lipinski definition) is 3. The first-order chi connectivity index (χ1) is 6.58. The van der Waals surface area contributed by atoms with Crippen molar-refractivity contribution in [3.63, 3.8) is 0 Å². The highest BCUT2D eigenvalue weighted by atomic mass is 16.5. The van der Waals surface area contributed by atoms with E-state index in [4.69, 9.17) is 5.26 Å². The summed E-state index contributed by atoms with van der Waals surface area (Å²) in [6.07, 6.45) is 1.70. The second-order valence-corrected chi connectivity index (χ2v) is 3.41. The van der Waals surface area contributed by atoms with Gasteiger partial charge in [-0.3, -0.25) is 0 Å². The van der Waals surface area contributed by atoms with Crippen LogP contribution in [0.3, 0.4) is 0 Å². The van der Waals surface area contributed by atoms with Crippen molar-refractivity contribution in [2.45, 2.75) is 33.6 Å². The molecule has 0 N–H and O–H groups in total. The molecule has 0 saturated carbocycles. The summed E-state index contributed by atoms with van der Waals surface area (Å²) in [6.45, 7) is 5.98. The summed E-state index contributed by atoms with van der Waals surface area (Å²) < 4.78 is 4.56. The molecule has 0 saturated heterocycles. The molecule has 0 heterocycles. The first-order valence-corrected chi connectivity index (χ1v) is 4.79. The Bertz CT molecular complexity index is 272. The number of carbonyl (C=O) groups is 1. The summed E-state index contributed by atoms with van der Waals surface area (Å²) in [5, 5.41) is 8.86. The Hall–Kier alpha value is -1.30. The smallest absolute Gasteiger partial charge is 0.348 e. The molecule has 0 atom stereocenters. The molecule has 0 aliphatic rings. The zero-order valence-electron chi connectivity index (χ0n) is 9.26. The van der Waals surface area contributed by atoms with Gasteiger partial charge in [-0.25, -0.2) is 4.79 Å². The molecule has 0 unspecified atom stereocenters. The number of ether oxygens (including phenoxy) is 1. The Balaban J connectivity index is 5.10. The fourth-order valence-corrected chi connectivity index (χ4v) is 1.32. The van der Waals surface area contributed by atoms with E-state index in [1.54, 1.807) is 0 Å². The van der Waals surface area contributed by atoms with Crippen LogP contribution in [0.1, 0.15) is 33.6 Å². The van der Waals surface area contributed by atoms with Crippen LogP contribution in [0.4, 0.5) is 0 Å².